The van der Waals surface area contributed by atoms with Gasteiger partial charge in [-0.3, -0.25) is 4.79 Å². The molecule has 0 atom stereocenters. The van der Waals surface area contributed by atoms with Gasteiger partial charge in [0.05, 0.1) is 12.0 Å². The number of anilines is 2. The molecule has 2 aromatic carbocycles. The van der Waals surface area contributed by atoms with Crippen LogP contribution in [0.2, 0.25) is 0 Å². The Bertz CT molecular complexity index is 884. The summed E-state index contributed by atoms with van der Waals surface area (Å²) in [5, 5.41) is 3.83. The van der Waals surface area contributed by atoms with Crippen LogP contribution in [0.5, 0.6) is 0 Å². The van der Waals surface area contributed by atoms with E-state index >= 15 is 0 Å². The van der Waals surface area contributed by atoms with Gasteiger partial charge < -0.3 is 10.0 Å². The van der Waals surface area contributed by atoms with E-state index in [0.717, 1.165) is 25.7 Å². The predicted molar refractivity (Wildman–Crippen MR) is 111 cm³/mol. The highest BCUT2D eigenvalue weighted by Crippen LogP contribution is 2.25. The van der Waals surface area contributed by atoms with Crippen molar-refractivity contribution in [1.82, 2.24) is 0 Å². The second-order valence-corrected chi connectivity index (χ2v) is 8.16. The van der Waals surface area contributed by atoms with Crippen LogP contribution >= 0.6 is 39.2 Å². The van der Waals surface area contributed by atoms with Crippen LogP contribution in [0.15, 0.2) is 70.0 Å². The van der Waals surface area contributed by atoms with E-state index in [9.17, 15) is 4.79 Å². The molecule has 134 valence electrons. The second-order valence-electron chi connectivity index (χ2n) is 5.25. The summed E-state index contributed by atoms with van der Waals surface area (Å²) >= 11 is 6.30. The van der Waals surface area contributed by atoms with Crippen molar-refractivity contribution < 1.29 is 15.1 Å². The largest absolute Gasteiger partial charge is 0.326 e. The third-order valence-electron chi connectivity index (χ3n) is 3.31. The van der Waals surface area contributed by atoms with Crippen molar-refractivity contribution in [3.05, 3.63) is 70.0 Å². The monoisotopic (exact) mass is 450 g/mol. The molecular weight excluding hydrogens is 434 g/mol. The highest BCUT2D eigenvalue weighted by Gasteiger charge is 2.12. The molecule has 0 fully saturated rings. The molecule has 1 amide bonds. The first kappa shape index (κ1) is 18.9. The Morgan fingerprint density at radius 2 is 1.92 bits per heavy atom. The number of rotatable bonds is 7. The minimum atomic E-state index is -0.131. The summed E-state index contributed by atoms with van der Waals surface area (Å²) in [6, 6.07) is 19.3. The molecule has 3 rings (SSSR count). The van der Waals surface area contributed by atoms with Gasteiger partial charge in [0, 0.05) is 26.8 Å². The van der Waals surface area contributed by atoms with Crippen LogP contribution in [0.4, 0.5) is 16.4 Å². The summed E-state index contributed by atoms with van der Waals surface area (Å²) in [6.45, 7) is 0. The number of carbonyl (C=O) groups excluding carboxylic acids is 1. The molecule has 8 heteroatoms. The number of thiophene rings is 1. The van der Waals surface area contributed by atoms with Gasteiger partial charge in [-0.2, -0.15) is 5.48 Å². The van der Waals surface area contributed by atoms with Gasteiger partial charge in [0.15, 0.2) is 0 Å². The van der Waals surface area contributed by atoms with Crippen LogP contribution < -0.4 is 15.5 Å². The van der Waals surface area contributed by atoms with E-state index in [1.54, 1.807) is 18.7 Å². The number of carbonyl (C=O) groups is 1. The maximum Gasteiger partial charge on any atom is 0.265 e. The smallest absolute Gasteiger partial charge is 0.265 e. The fraction of sp³-hybridized carbons (Fsp3) is 0.0556. The van der Waals surface area contributed by atoms with Gasteiger partial charge in [0.25, 0.3) is 5.91 Å². The Hall–Kier alpha value is -1.84. The van der Waals surface area contributed by atoms with Crippen molar-refractivity contribution in [3.63, 3.8) is 0 Å². The summed E-state index contributed by atoms with van der Waals surface area (Å²) in [4.78, 5) is 19.0. The molecule has 0 unspecified atom stereocenters. The Kier molecular flexibility index (Phi) is 6.70. The van der Waals surface area contributed by atoms with Crippen LogP contribution in [-0.2, 0) is 4.84 Å². The van der Waals surface area contributed by atoms with Crippen molar-refractivity contribution in [3.8, 4) is 0 Å². The van der Waals surface area contributed by atoms with Crippen LogP contribution in [0.25, 0.3) is 0 Å². The Balaban J connectivity index is 1.61. The Morgan fingerprint density at radius 1 is 1.12 bits per heavy atom. The highest BCUT2D eigenvalue weighted by molar-refractivity contribution is 9.10. The number of amides is 1. The van der Waals surface area contributed by atoms with E-state index in [2.05, 4.69) is 26.0 Å². The third kappa shape index (κ3) is 5.33. The predicted octanol–water partition coefficient (Wildman–Crippen LogP) is 4.64. The molecule has 1 aromatic heterocycles. The van der Waals surface area contributed by atoms with Crippen LogP contribution in [-0.4, -0.2) is 13.0 Å². The van der Waals surface area contributed by atoms with E-state index in [1.165, 1.54) is 23.3 Å². The minimum absolute atomic E-state index is 0.131. The van der Waals surface area contributed by atoms with E-state index in [4.69, 9.17) is 4.84 Å². The molecule has 0 radical (unpaired) electrons. The van der Waals surface area contributed by atoms with Crippen LogP contribution in [0.1, 0.15) is 9.67 Å². The molecule has 0 saturated heterocycles. The molecule has 0 aliphatic carbocycles. The normalized spacial score (nSPS) is 10.5. The van der Waals surface area contributed by atoms with Crippen molar-refractivity contribution >= 4 is 61.5 Å². The quantitative estimate of drug-likeness (QED) is 0.362. The minimum Gasteiger partial charge on any atom is -0.326 e. The molecule has 0 saturated carbocycles. The zero-order chi connectivity index (χ0) is 18.4. The summed E-state index contributed by atoms with van der Waals surface area (Å²) in [7, 11) is 1.59. The number of quaternary nitrogens is 1. The summed E-state index contributed by atoms with van der Waals surface area (Å²) in [5.74, 6) is -0.131. The number of nitrogens with two attached hydrogens (primary N) is 1. The first-order valence-corrected chi connectivity index (χ1v) is 10.1. The molecule has 1 heterocycles. The zero-order valence-corrected chi connectivity index (χ0v) is 17.1. The third-order valence-corrected chi connectivity index (χ3v) is 5.67. The first-order valence-electron chi connectivity index (χ1n) is 7.70. The van der Waals surface area contributed by atoms with E-state index < -0.39 is 0 Å². The second kappa shape index (κ2) is 9.20. The van der Waals surface area contributed by atoms with Crippen LogP contribution in [0.3, 0.4) is 0 Å². The van der Waals surface area contributed by atoms with Crippen molar-refractivity contribution in [2.45, 2.75) is 4.90 Å². The number of benzene rings is 2. The number of hydrogen-bond acceptors (Lipinski definition) is 5. The van der Waals surface area contributed by atoms with E-state index in [0.29, 0.717) is 4.88 Å². The fourth-order valence-corrected chi connectivity index (χ4v) is 3.90. The molecule has 0 spiro atoms. The van der Waals surface area contributed by atoms with Gasteiger partial charge in [0.1, 0.15) is 0 Å². The van der Waals surface area contributed by atoms with Gasteiger partial charge >= 0.3 is 0 Å². The molecule has 4 N–H and O–H groups in total. The average Bonchev–Trinajstić information content (AvgIpc) is 3.11. The van der Waals surface area contributed by atoms with Gasteiger partial charge in [-0.15, -0.1) is 0 Å². The summed E-state index contributed by atoms with van der Waals surface area (Å²) < 4.78 is 4.32. The lowest BCUT2D eigenvalue weighted by atomic mass is 10.3. The Labute approximate surface area is 168 Å². The molecule has 26 heavy (non-hydrogen) atoms. The van der Waals surface area contributed by atoms with Crippen LogP contribution in [0, 0.1) is 0 Å². The van der Waals surface area contributed by atoms with Crippen molar-refractivity contribution in [1.29, 1.82) is 0 Å². The standard InChI is InChI=1S/C18H16BrN3O2S2/c1-24-21-17-10-9-16(25-17)18(23)20-14-3-2-4-15(11-14)26-22-13-7-5-12(19)6-8-13/h2-11,21-22H,1H3,(H,20,23)/p+1. The first-order chi connectivity index (χ1) is 12.6. The molecule has 3 aromatic rings. The summed E-state index contributed by atoms with van der Waals surface area (Å²) in [5.41, 5.74) is 3.38. The lowest BCUT2D eigenvalue weighted by Crippen LogP contribution is -2.75. The van der Waals surface area contributed by atoms with Gasteiger partial charge in [-0.25, -0.2) is 4.84 Å². The van der Waals surface area contributed by atoms with Gasteiger partial charge in [-0.1, -0.05) is 33.3 Å². The average molecular weight is 451 g/mol. The highest BCUT2D eigenvalue weighted by atomic mass is 79.9. The molecule has 0 bridgehead atoms. The van der Waals surface area contributed by atoms with E-state index in [1.807, 2.05) is 54.6 Å². The molecular formula is C18H17BrN3O2S2+. The molecule has 0 aliphatic heterocycles. The van der Waals surface area contributed by atoms with Gasteiger partial charge in [0.2, 0.25) is 5.00 Å². The number of nitrogens with one attached hydrogen (secondary N) is 2. The maximum absolute atomic E-state index is 12.4. The number of hydrogen-bond donors (Lipinski definition) is 3. The topological polar surface area (TPSA) is 67.0 Å². The molecule has 5 nitrogen and oxygen atoms in total. The fourth-order valence-electron chi connectivity index (χ4n) is 2.12. The number of halogens is 1. The summed E-state index contributed by atoms with van der Waals surface area (Å²) in [6.07, 6.45) is 0. The van der Waals surface area contributed by atoms with Crippen molar-refractivity contribution in [2.75, 3.05) is 17.1 Å². The lowest BCUT2D eigenvalue weighted by molar-refractivity contribution is -0.827. The lowest BCUT2D eigenvalue weighted by Gasteiger charge is -2.08. The zero-order valence-electron chi connectivity index (χ0n) is 13.9. The molecule has 0 aliphatic rings. The maximum atomic E-state index is 12.4. The van der Waals surface area contributed by atoms with Gasteiger partial charge in [-0.05, 0) is 60.5 Å². The van der Waals surface area contributed by atoms with E-state index in [-0.39, 0.29) is 5.91 Å². The Morgan fingerprint density at radius 3 is 2.69 bits per heavy atom. The van der Waals surface area contributed by atoms with Crippen molar-refractivity contribution in [2.24, 2.45) is 0 Å². The SMILES string of the molecule is CO[NH2+]c1ccc(C(=O)Nc2cccc(SNc3ccc(Br)cc3)c2)s1.